The topological polar surface area (TPSA) is 46.5 Å². The lowest BCUT2D eigenvalue weighted by molar-refractivity contribution is -0.274. The third-order valence-corrected chi connectivity index (χ3v) is 6.92. The van der Waals surface area contributed by atoms with Crippen molar-refractivity contribution in [1.82, 2.24) is 0 Å². The number of hydrogen-bond donors (Lipinski definition) is 1. The van der Waals surface area contributed by atoms with Gasteiger partial charge in [-0.1, -0.05) is 31.1 Å². The van der Waals surface area contributed by atoms with Gasteiger partial charge >= 0.3 is 12.3 Å². The lowest BCUT2D eigenvalue weighted by Gasteiger charge is -2.38. The highest BCUT2D eigenvalue weighted by atomic mass is 19.4. The summed E-state index contributed by atoms with van der Waals surface area (Å²) in [6, 6.07) is 6.38. The number of allylic oxidation sites excluding steroid dienone is 1. The number of carbonyl (C=O) groups is 1. The molecule has 1 aromatic carbocycles. The fraction of sp³-hybridized carbons (Fsp3) is 0.625. The Balaban J connectivity index is 1.39. The average Bonchev–Trinajstić information content (AvgIpc) is 2.71. The molecule has 166 valence electrons. The zero-order chi connectivity index (χ0) is 21.6. The van der Waals surface area contributed by atoms with Crippen LogP contribution in [0.5, 0.6) is 5.75 Å². The van der Waals surface area contributed by atoms with Crippen LogP contribution < -0.4 is 4.74 Å². The molecule has 2 saturated carbocycles. The Morgan fingerprint density at radius 3 is 2.07 bits per heavy atom. The van der Waals surface area contributed by atoms with Crippen molar-refractivity contribution in [2.45, 2.75) is 76.5 Å². The van der Waals surface area contributed by atoms with Crippen LogP contribution in [0.25, 0.3) is 0 Å². The molecule has 6 heteroatoms. The van der Waals surface area contributed by atoms with Crippen molar-refractivity contribution in [3.63, 3.8) is 0 Å². The van der Waals surface area contributed by atoms with E-state index in [0.29, 0.717) is 11.8 Å². The predicted molar refractivity (Wildman–Crippen MR) is 109 cm³/mol. The smallest absolute Gasteiger partial charge is 0.478 e. The minimum Gasteiger partial charge on any atom is -0.478 e. The molecule has 0 unspecified atom stereocenters. The number of aliphatic carboxylic acids is 1. The van der Waals surface area contributed by atoms with Crippen LogP contribution in [0, 0.1) is 17.8 Å². The maximum Gasteiger partial charge on any atom is 0.573 e. The van der Waals surface area contributed by atoms with E-state index in [1.807, 2.05) is 0 Å². The Morgan fingerprint density at radius 1 is 0.967 bits per heavy atom. The normalized spacial score (nSPS) is 27.8. The Hall–Kier alpha value is -1.98. The molecule has 0 heterocycles. The Kier molecular flexibility index (Phi) is 7.84. The molecular weight excluding hydrogens is 393 g/mol. The van der Waals surface area contributed by atoms with Gasteiger partial charge in [0.1, 0.15) is 5.75 Å². The van der Waals surface area contributed by atoms with Gasteiger partial charge < -0.3 is 9.84 Å². The Labute approximate surface area is 176 Å². The van der Waals surface area contributed by atoms with E-state index < -0.39 is 12.3 Å². The predicted octanol–water partition coefficient (Wildman–Crippen LogP) is 7.09. The van der Waals surface area contributed by atoms with Crippen LogP contribution in [-0.2, 0) is 4.79 Å². The van der Waals surface area contributed by atoms with E-state index >= 15 is 0 Å². The molecule has 0 atom stereocenters. The lowest BCUT2D eigenvalue weighted by atomic mass is 9.68. The standard InChI is InChI=1S/C24H31F3O3/c25-24(26,27)30-22-15-13-21(14-16-22)20-11-9-19(10-12-20)18-7-5-17(6-8-18)3-1-2-4-23(28)29/h2,4,13-20H,1,3,5-12H2,(H,28,29)/b4-2+/t17-,18-,19-,20-. The highest BCUT2D eigenvalue weighted by Gasteiger charge is 2.32. The van der Waals surface area contributed by atoms with E-state index in [-0.39, 0.29) is 5.75 Å². The van der Waals surface area contributed by atoms with Gasteiger partial charge in [-0.05, 0) is 92.7 Å². The second kappa shape index (κ2) is 10.4. The van der Waals surface area contributed by atoms with Crippen LogP contribution in [0.3, 0.4) is 0 Å². The molecule has 1 aromatic rings. The molecule has 2 aliphatic rings. The molecule has 0 radical (unpaired) electrons. The van der Waals surface area contributed by atoms with Crippen molar-refractivity contribution in [2.75, 3.05) is 0 Å². The molecule has 0 bridgehead atoms. The minimum absolute atomic E-state index is 0.157. The molecule has 0 aromatic heterocycles. The summed E-state index contributed by atoms with van der Waals surface area (Å²) in [5.41, 5.74) is 1.11. The van der Waals surface area contributed by atoms with E-state index in [9.17, 15) is 18.0 Å². The summed E-state index contributed by atoms with van der Waals surface area (Å²) in [4.78, 5) is 10.5. The van der Waals surface area contributed by atoms with E-state index in [2.05, 4.69) is 4.74 Å². The number of rotatable bonds is 7. The molecule has 3 rings (SSSR count). The monoisotopic (exact) mass is 424 g/mol. The number of hydrogen-bond acceptors (Lipinski definition) is 2. The summed E-state index contributed by atoms with van der Waals surface area (Å²) in [6.07, 6.45) is 9.90. The molecule has 0 saturated heterocycles. The summed E-state index contributed by atoms with van der Waals surface area (Å²) in [7, 11) is 0. The average molecular weight is 425 g/mol. The SMILES string of the molecule is O=C(O)/C=C/CC[C@H]1CC[C@H]([C@H]2CC[C@H](c3ccc(OC(F)(F)F)cc3)CC2)CC1. The van der Waals surface area contributed by atoms with Crippen molar-refractivity contribution in [3.05, 3.63) is 42.0 Å². The van der Waals surface area contributed by atoms with E-state index in [4.69, 9.17) is 5.11 Å². The van der Waals surface area contributed by atoms with Crippen LogP contribution in [0.4, 0.5) is 13.2 Å². The maximum atomic E-state index is 12.3. The second-order valence-corrected chi connectivity index (χ2v) is 8.83. The highest BCUT2D eigenvalue weighted by molar-refractivity contribution is 5.79. The van der Waals surface area contributed by atoms with Gasteiger partial charge in [0.05, 0.1) is 0 Å². The van der Waals surface area contributed by atoms with Crippen molar-refractivity contribution >= 4 is 5.97 Å². The molecule has 2 fully saturated rings. The van der Waals surface area contributed by atoms with Gasteiger partial charge in [-0.15, -0.1) is 13.2 Å². The number of carboxylic acid groups (broad SMARTS) is 1. The first-order valence-electron chi connectivity index (χ1n) is 11.1. The quantitative estimate of drug-likeness (QED) is 0.476. The van der Waals surface area contributed by atoms with Crippen LogP contribution >= 0.6 is 0 Å². The maximum absolute atomic E-state index is 12.3. The summed E-state index contributed by atoms with van der Waals surface area (Å²) in [5, 5.41) is 8.64. The fourth-order valence-electron chi connectivity index (χ4n) is 5.33. The van der Waals surface area contributed by atoms with Gasteiger partial charge in [0.2, 0.25) is 0 Å². The van der Waals surface area contributed by atoms with Crippen molar-refractivity contribution in [1.29, 1.82) is 0 Å². The summed E-state index contributed by atoms with van der Waals surface area (Å²) in [5.74, 6) is 1.67. The lowest BCUT2D eigenvalue weighted by Crippen LogP contribution is -2.25. The van der Waals surface area contributed by atoms with E-state index in [1.54, 1.807) is 18.2 Å². The van der Waals surface area contributed by atoms with Crippen molar-refractivity contribution in [3.8, 4) is 5.75 Å². The van der Waals surface area contributed by atoms with Crippen molar-refractivity contribution in [2.24, 2.45) is 17.8 Å². The van der Waals surface area contributed by atoms with E-state index in [0.717, 1.165) is 43.1 Å². The number of benzene rings is 1. The van der Waals surface area contributed by atoms with Gasteiger partial charge in [-0.2, -0.15) is 0 Å². The third kappa shape index (κ3) is 7.06. The summed E-state index contributed by atoms with van der Waals surface area (Å²) < 4.78 is 40.9. The largest absolute Gasteiger partial charge is 0.573 e. The zero-order valence-corrected chi connectivity index (χ0v) is 17.2. The van der Waals surface area contributed by atoms with Gasteiger partial charge in [0.15, 0.2) is 0 Å². The molecule has 0 spiro atoms. The molecule has 1 N–H and O–H groups in total. The molecule has 2 aliphatic carbocycles. The third-order valence-electron chi connectivity index (χ3n) is 6.92. The first-order chi connectivity index (χ1) is 14.3. The van der Waals surface area contributed by atoms with Crippen molar-refractivity contribution < 1.29 is 27.8 Å². The molecular formula is C24H31F3O3. The molecule has 0 amide bonds. The Morgan fingerprint density at radius 2 is 1.53 bits per heavy atom. The number of ether oxygens (including phenoxy) is 1. The first-order valence-corrected chi connectivity index (χ1v) is 11.1. The van der Waals surface area contributed by atoms with Crippen LogP contribution in [0.1, 0.15) is 75.7 Å². The number of alkyl halides is 3. The van der Waals surface area contributed by atoms with E-state index in [1.165, 1.54) is 56.7 Å². The molecule has 3 nitrogen and oxygen atoms in total. The fourth-order valence-corrected chi connectivity index (χ4v) is 5.33. The second-order valence-electron chi connectivity index (χ2n) is 8.83. The van der Waals surface area contributed by atoms with Gasteiger partial charge in [-0.3, -0.25) is 0 Å². The first kappa shape index (κ1) is 22.7. The molecule has 30 heavy (non-hydrogen) atoms. The Bertz CT molecular complexity index is 695. The summed E-state index contributed by atoms with van der Waals surface area (Å²) in [6.45, 7) is 0. The minimum atomic E-state index is -4.65. The van der Waals surface area contributed by atoms with Gasteiger partial charge in [-0.25, -0.2) is 4.79 Å². The van der Waals surface area contributed by atoms with Crippen LogP contribution in [0.15, 0.2) is 36.4 Å². The number of halogens is 3. The highest BCUT2D eigenvalue weighted by Crippen LogP contribution is 2.44. The zero-order valence-electron chi connectivity index (χ0n) is 17.2. The van der Waals surface area contributed by atoms with Gasteiger partial charge in [0.25, 0.3) is 0 Å². The van der Waals surface area contributed by atoms with Crippen LogP contribution in [0.2, 0.25) is 0 Å². The molecule has 0 aliphatic heterocycles. The van der Waals surface area contributed by atoms with Crippen LogP contribution in [-0.4, -0.2) is 17.4 Å². The number of carboxylic acids is 1. The van der Waals surface area contributed by atoms with Gasteiger partial charge in [0, 0.05) is 6.08 Å². The summed E-state index contributed by atoms with van der Waals surface area (Å²) >= 11 is 0.